The van der Waals surface area contributed by atoms with Crippen molar-refractivity contribution < 1.29 is 4.79 Å². The molecule has 1 unspecified atom stereocenters. The van der Waals surface area contributed by atoms with E-state index in [9.17, 15) is 4.79 Å². The van der Waals surface area contributed by atoms with Gasteiger partial charge < -0.3 is 15.2 Å². The number of nitrogens with zero attached hydrogens (tertiary/aromatic N) is 2. The molecule has 0 aliphatic carbocycles. The molecule has 1 aromatic carbocycles. The maximum absolute atomic E-state index is 12.0. The first kappa shape index (κ1) is 14.3. The minimum absolute atomic E-state index is 0.0105. The van der Waals surface area contributed by atoms with Gasteiger partial charge in [0.1, 0.15) is 5.82 Å². The first-order valence-corrected chi connectivity index (χ1v) is 6.65. The zero-order chi connectivity index (χ0) is 14.5. The SMILES string of the molecule is CNCC(C)C(=O)Nc1cccc(-c2nccn2C)c1. The van der Waals surface area contributed by atoms with Gasteiger partial charge in [0, 0.05) is 43.2 Å². The number of amides is 1. The second-order valence-corrected chi connectivity index (χ2v) is 4.89. The number of aromatic nitrogens is 2. The molecule has 20 heavy (non-hydrogen) atoms. The Kier molecular flexibility index (Phi) is 4.53. The highest BCUT2D eigenvalue weighted by Gasteiger charge is 2.12. The van der Waals surface area contributed by atoms with Crippen LogP contribution in [-0.4, -0.2) is 29.1 Å². The second kappa shape index (κ2) is 6.34. The molecule has 5 nitrogen and oxygen atoms in total. The third-order valence-electron chi connectivity index (χ3n) is 3.17. The lowest BCUT2D eigenvalue weighted by Gasteiger charge is -2.12. The fraction of sp³-hybridized carbons (Fsp3) is 0.333. The van der Waals surface area contributed by atoms with Gasteiger partial charge in [-0.2, -0.15) is 0 Å². The van der Waals surface area contributed by atoms with Crippen molar-refractivity contribution in [3.8, 4) is 11.4 Å². The Bertz CT molecular complexity index is 591. The highest BCUT2D eigenvalue weighted by Crippen LogP contribution is 2.20. The molecule has 0 radical (unpaired) electrons. The number of carbonyl (C=O) groups excluding carboxylic acids is 1. The number of aryl methyl sites for hydroxylation is 1. The van der Waals surface area contributed by atoms with Gasteiger partial charge in [-0.25, -0.2) is 4.98 Å². The zero-order valence-electron chi connectivity index (χ0n) is 12.1. The van der Waals surface area contributed by atoms with E-state index in [0.29, 0.717) is 6.54 Å². The quantitative estimate of drug-likeness (QED) is 0.873. The number of benzene rings is 1. The molecule has 1 atom stereocenters. The van der Waals surface area contributed by atoms with Crippen molar-refractivity contribution in [2.45, 2.75) is 6.92 Å². The number of imidazole rings is 1. The normalized spacial score (nSPS) is 12.2. The average Bonchev–Trinajstić information content (AvgIpc) is 2.85. The summed E-state index contributed by atoms with van der Waals surface area (Å²) in [6.45, 7) is 2.55. The fourth-order valence-corrected chi connectivity index (χ4v) is 2.04. The largest absolute Gasteiger partial charge is 0.334 e. The van der Waals surface area contributed by atoms with E-state index in [0.717, 1.165) is 17.1 Å². The summed E-state index contributed by atoms with van der Waals surface area (Å²) in [4.78, 5) is 16.3. The van der Waals surface area contributed by atoms with Gasteiger partial charge in [-0.05, 0) is 19.2 Å². The average molecular weight is 272 g/mol. The number of hydrogen-bond acceptors (Lipinski definition) is 3. The molecule has 0 aliphatic rings. The van der Waals surface area contributed by atoms with Crippen molar-refractivity contribution in [1.29, 1.82) is 0 Å². The van der Waals surface area contributed by atoms with E-state index in [2.05, 4.69) is 15.6 Å². The van der Waals surface area contributed by atoms with Gasteiger partial charge in [-0.3, -0.25) is 4.79 Å². The van der Waals surface area contributed by atoms with Gasteiger partial charge in [0.25, 0.3) is 0 Å². The van der Waals surface area contributed by atoms with E-state index in [1.165, 1.54) is 0 Å². The Hall–Kier alpha value is -2.14. The van der Waals surface area contributed by atoms with Crippen molar-refractivity contribution in [3.05, 3.63) is 36.7 Å². The summed E-state index contributed by atoms with van der Waals surface area (Å²) in [7, 11) is 3.79. The van der Waals surface area contributed by atoms with E-state index in [1.54, 1.807) is 6.20 Å². The summed E-state index contributed by atoms with van der Waals surface area (Å²) >= 11 is 0. The number of carbonyl (C=O) groups is 1. The molecule has 2 N–H and O–H groups in total. The van der Waals surface area contributed by atoms with Crippen molar-refractivity contribution in [2.75, 3.05) is 18.9 Å². The molecule has 0 saturated carbocycles. The van der Waals surface area contributed by atoms with Gasteiger partial charge >= 0.3 is 0 Å². The number of rotatable bonds is 5. The molecule has 0 aliphatic heterocycles. The third kappa shape index (κ3) is 3.24. The number of anilines is 1. The predicted octanol–water partition coefficient (Wildman–Crippen LogP) is 1.88. The molecule has 0 bridgehead atoms. The summed E-state index contributed by atoms with van der Waals surface area (Å²) in [5.74, 6) is 0.817. The van der Waals surface area contributed by atoms with Crippen molar-refractivity contribution in [2.24, 2.45) is 13.0 Å². The maximum atomic E-state index is 12.0. The van der Waals surface area contributed by atoms with E-state index >= 15 is 0 Å². The van der Waals surface area contributed by atoms with E-state index in [1.807, 2.05) is 56.0 Å². The van der Waals surface area contributed by atoms with E-state index in [4.69, 9.17) is 0 Å². The van der Waals surface area contributed by atoms with Crippen LogP contribution in [0.3, 0.4) is 0 Å². The number of nitrogens with one attached hydrogen (secondary N) is 2. The highest BCUT2D eigenvalue weighted by atomic mass is 16.1. The maximum Gasteiger partial charge on any atom is 0.228 e. The Morgan fingerprint density at radius 2 is 2.25 bits per heavy atom. The molecule has 1 aromatic heterocycles. The van der Waals surface area contributed by atoms with Crippen LogP contribution in [0.15, 0.2) is 36.7 Å². The molecule has 0 saturated heterocycles. The van der Waals surface area contributed by atoms with E-state index < -0.39 is 0 Å². The first-order chi connectivity index (χ1) is 9.61. The van der Waals surface area contributed by atoms with Crippen LogP contribution in [-0.2, 0) is 11.8 Å². The molecular weight excluding hydrogens is 252 g/mol. The summed E-state index contributed by atoms with van der Waals surface area (Å²) in [6.07, 6.45) is 3.66. The van der Waals surface area contributed by atoms with E-state index in [-0.39, 0.29) is 11.8 Å². The Morgan fingerprint density at radius 3 is 2.90 bits per heavy atom. The van der Waals surface area contributed by atoms with Crippen LogP contribution in [0, 0.1) is 5.92 Å². The smallest absolute Gasteiger partial charge is 0.228 e. The van der Waals surface area contributed by atoms with Gasteiger partial charge in [0.15, 0.2) is 0 Å². The Morgan fingerprint density at radius 1 is 1.45 bits per heavy atom. The van der Waals surface area contributed by atoms with Crippen LogP contribution in [0.2, 0.25) is 0 Å². The van der Waals surface area contributed by atoms with Gasteiger partial charge in [0.2, 0.25) is 5.91 Å². The first-order valence-electron chi connectivity index (χ1n) is 6.65. The van der Waals surface area contributed by atoms with Crippen LogP contribution in [0.1, 0.15) is 6.92 Å². The van der Waals surface area contributed by atoms with Crippen LogP contribution >= 0.6 is 0 Å². The lowest BCUT2D eigenvalue weighted by molar-refractivity contribution is -0.119. The lowest BCUT2D eigenvalue weighted by Crippen LogP contribution is -2.28. The molecule has 0 spiro atoms. The van der Waals surface area contributed by atoms with Gasteiger partial charge in [-0.15, -0.1) is 0 Å². The highest BCUT2D eigenvalue weighted by molar-refractivity contribution is 5.93. The minimum Gasteiger partial charge on any atom is -0.334 e. The molecule has 106 valence electrons. The third-order valence-corrected chi connectivity index (χ3v) is 3.17. The molecule has 2 rings (SSSR count). The van der Waals surface area contributed by atoms with Crippen LogP contribution in [0.25, 0.3) is 11.4 Å². The zero-order valence-corrected chi connectivity index (χ0v) is 12.1. The van der Waals surface area contributed by atoms with Gasteiger partial charge in [-0.1, -0.05) is 19.1 Å². The molecule has 0 fully saturated rings. The summed E-state index contributed by atoms with van der Waals surface area (Å²) in [5, 5.41) is 5.93. The summed E-state index contributed by atoms with van der Waals surface area (Å²) in [6, 6.07) is 7.72. The fourth-order valence-electron chi connectivity index (χ4n) is 2.04. The van der Waals surface area contributed by atoms with Crippen molar-refractivity contribution in [1.82, 2.24) is 14.9 Å². The van der Waals surface area contributed by atoms with Crippen LogP contribution < -0.4 is 10.6 Å². The summed E-state index contributed by atoms with van der Waals surface area (Å²) in [5.41, 5.74) is 1.77. The minimum atomic E-state index is -0.0724. The molecule has 5 heteroatoms. The Labute approximate surface area is 119 Å². The number of hydrogen-bond donors (Lipinski definition) is 2. The standard InChI is InChI=1S/C15H20N4O/c1-11(10-16-2)15(20)18-13-6-4-5-12(9-13)14-17-7-8-19(14)3/h4-9,11,16H,10H2,1-3H3,(H,18,20). The molecular formula is C15H20N4O. The van der Waals surface area contributed by atoms with Crippen LogP contribution in [0.4, 0.5) is 5.69 Å². The summed E-state index contributed by atoms with van der Waals surface area (Å²) < 4.78 is 1.95. The second-order valence-electron chi connectivity index (χ2n) is 4.89. The van der Waals surface area contributed by atoms with Gasteiger partial charge in [0.05, 0.1) is 0 Å². The molecule has 1 heterocycles. The Balaban J connectivity index is 2.15. The predicted molar refractivity (Wildman–Crippen MR) is 80.4 cm³/mol. The van der Waals surface area contributed by atoms with Crippen LogP contribution in [0.5, 0.6) is 0 Å². The molecule has 2 aromatic rings. The monoisotopic (exact) mass is 272 g/mol. The topological polar surface area (TPSA) is 59.0 Å². The molecule has 1 amide bonds. The lowest BCUT2D eigenvalue weighted by atomic mass is 10.1. The van der Waals surface area contributed by atoms with Crippen molar-refractivity contribution in [3.63, 3.8) is 0 Å². The van der Waals surface area contributed by atoms with Crippen molar-refractivity contribution >= 4 is 11.6 Å².